The lowest BCUT2D eigenvalue weighted by Crippen LogP contribution is -2.17. The normalized spacial score (nSPS) is 10.6. The summed E-state index contributed by atoms with van der Waals surface area (Å²) in [6.45, 7) is 0. The van der Waals surface area contributed by atoms with Crippen molar-refractivity contribution >= 4 is 35.3 Å². The maximum atomic E-state index is 11.7. The zero-order valence-electron chi connectivity index (χ0n) is 9.81. The Morgan fingerprint density at radius 3 is 2.47 bits per heavy atom. The van der Waals surface area contributed by atoms with Crippen molar-refractivity contribution in [3.63, 3.8) is 0 Å². The Labute approximate surface area is 120 Å². The molecular weight excluding hydrogens is 283 g/mol. The number of nitrogens with one attached hydrogen (secondary N) is 1. The van der Waals surface area contributed by atoms with Crippen LogP contribution < -0.4 is 5.43 Å². The van der Waals surface area contributed by atoms with Crippen LogP contribution in [-0.2, 0) is 0 Å². The minimum Gasteiger partial charge on any atom is -0.267 e. The van der Waals surface area contributed by atoms with Gasteiger partial charge in [-0.25, -0.2) is 5.43 Å². The fourth-order valence-corrected chi connectivity index (χ4v) is 1.72. The Morgan fingerprint density at radius 1 is 1.05 bits per heavy atom. The Kier molecular flexibility index (Phi) is 4.55. The molecule has 0 unspecified atom stereocenters. The number of rotatable bonds is 3. The van der Waals surface area contributed by atoms with Gasteiger partial charge in [-0.15, -0.1) is 0 Å². The van der Waals surface area contributed by atoms with Gasteiger partial charge in [-0.1, -0.05) is 41.4 Å². The van der Waals surface area contributed by atoms with Crippen LogP contribution >= 0.6 is 23.2 Å². The summed E-state index contributed by atoms with van der Waals surface area (Å²) in [5.74, 6) is -0.312. The lowest BCUT2D eigenvalue weighted by molar-refractivity contribution is 0.0955. The Hall–Kier alpha value is -1.84. The highest BCUT2D eigenvalue weighted by molar-refractivity contribution is 6.31. The largest absolute Gasteiger partial charge is 0.271 e. The van der Waals surface area contributed by atoms with Crippen molar-refractivity contribution in [1.29, 1.82) is 0 Å². The molecule has 0 aromatic heterocycles. The van der Waals surface area contributed by atoms with E-state index in [1.807, 2.05) is 0 Å². The standard InChI is InChI=1S/C14H10Cl2N2O/c15-12-6-4-10(5-7-12)9-17-18-14(19)11-2-1-3-13(16)8-11/h1-9H,(H,18,19)/b17-9+. The zero-order valence-corrected chi connectivity index (χ0v) is 11.3. The van der Waals surface area contributed by atoms with Crippen LogP contribution in [0.15, 0.2) is 53.6 Å². The molecule has 2 rings (SSSR count). The first-order valence-electron chi connectivity index (χ1n) is 5.50. The van der Waals surface area contributed by atoms with Gasteiger partial charge in [0.1, 0.15) is 0 Å². The van der Waals surface area contributed by atoms with E-state index in [4.69, 9.17) is 23.2 Å². The molecule has 1 amide bonds. The second kappa shape index (κ2) is 6.36. The fraction of sp³-hybridized carbons (Fsp3) is 0. The summed E-state index contributed by atoms with van der Waals surface area (Å²) in [6.07, 6.45) is 1.54. The predicted molar refractivity (Wildman–Crippen MR) is 78.0 cm³/mol. The van der Waals surface area contributed by atoms with Crippen LogP contribution in [0.3, 0.4) is 0 Å². The summed E-state index contributed by atoms with van der Waals surface area (Å²) in [7, 11) is 0. The van der Waals surface area contributed by atoms with Gasteiger partial charge in [0.05, 0.1) is 6.21 Å². The van der Waals surface area contributed by atoms with E-state index in [9.17, 15) is 4.79 Å². The highest BCUT2D eigenvalue weighted by atomic mass is 35.5. The smallest absolute Gasteiger partial charge is 0.267 e. The van der Waals surface area contributed by atoms with Crippen molar-refractivity contribution in [1.82, 2.24) is 5.43 Å². The van der Waals surface area contributed by atoms with E-state index in [1.54, 1.807) is 54.7 Å². The molecule has 0 bridgehead atoms. The predicted octanol–water partition coefficient (Wildman–Crippen LogP) is 3.76. The molecule has 0 fully saturated rings. The first-order valence-corrected chi connectivity index (χ1v) is 6.25. The highest BCUT2D eigenvalue weighted by Gasteiger charge is 2.03. The second-order valence-electron chi connectivity index (χ2n) is 3.76. The van der Waals surface area contributed by atoms with Crippen LogP contribution in [-0.4, -0.2) is 12.1 Å². The molecule has 0 aliphatic heterocycles. The first-order chi connectivity index (χ1) is 9.15. The summed E-state index contributed by atoms with van der Waals surface area (Å²) in [6, 6.07) is 13.8. The van der Waals surface area contributed by atoms with E-state index in [0.717, 1.165) is 5.56 Å². The number of carbonyl (C=O) groups is 1. The number of hydrogen-bond acceptors (Lipinski definition) is 2. The molecule has 0 aliphatic rings. The Morgan fingerprint density at radius 2 is 1.79 bits per heavy atom. The van der Waals surface area contributed by atoms with Crippen molar-refractivity contribution in [3.8, 4) is 0 Å². The van der Waals surface area contributed by atoms with Gasteiger partial charge in [-0.2, -0.15) is 5.10 Å². The van der Waals surface area contributed by atoms with Crippen LogP contribution in [0.25, 0.3) is 0 Å². The number of benzene rings is 2. The van der Waals surface area contributed by atoms with Gasteiger partial charge in [0.25, 0.3) is 5.91 Å². The molecule has 0 saturated carbocycles. The van der Waals surface area contributed by atoms with E-state index in [0.29, 0.717) is 15.6 Å². The van der Waals surface area contributed by atoms with Crippen LogP contribution in [0, 0.1) is 0 Å². The van der Waals surface area contributed by atoms with Crippen molar-refractivity contribution in [2.24, 2.45) is 5.10 Å². The third-order valence-electron chi connectivity index (χ3n) is 2.34. The van der Waals surface area contributed by atoms with Crippen molar-refractivity contribution in [3.05, 3.63) is 69.7 Å². The maximum Gasteiger partial charge on any atom is 0.271 e. The van der Waals surface area contributed by atoms with E-state index < -0.39 is 0 Å². The van der Waals surface area contributed by atoms with Gasteiger partial charge in [-0.3, -0.25) is 4.79 Å². The molecule has 2 aromatic rings. The average molecular weight is 293 g/mol. The number of carbonyl (C=O) groups excluding carboxylic acids is 1. The van der Waals surface area contributed by atoms with E-state index >= 15 is 0 Å². The summed E-state index contributed by atoms with van der Waals surface area (Å²) in [4.78, 5) is 11.7. The number of nitrogens with zero attached hydrogens (tertiary/aromatic N) is 1. The molecule has 0 saturated heterocycles. The third-order valence-corrected chi connectivity index (χ3v) is 2.82. The van der Waals surface area contributed by atoms with Gasteiger partial charge in [0.15, 0.2) is 0 Å². The molecule has 0 aliphatic carbocycles. The average Bonchev–Trinajstić information content (AvgIpc) is 2.41. The molecule has 0 heterocycles. The molecule has 0 atom stereocenters. The van der Waals surface area contributed by atoms with E-state index in [1.165, 1.54) is 0 Å². The van der Waals surface area contributed by atoms with Crippen LogP contribution in [0.4, 0.5) is 0 Å². The number of hydrogen-bond donors (Lipinski definition) is 1. The summed E-state index contributed by atoms with van der Waals surface area (Å²) in [5.41, 5.74) is 3.73. The second-order valence-corrected chi connectivity index (χ2v) is 4.63. The molecule has 5 heteroatoms. The van der Waals surface area contributed by atoms with Gasteiger partial charge < -0.3 is 0 Å². The molecule has 1 N–H and O–H groups in total. The number of hydrazone groups is 1. The number of amides is 1. The molecular formula is C14H10Cl2N2O. The fourth-order valence-electron chi connectivity index (χ4n) is 1.41. The van der Waals surface area contributed by atoms with Gasteiger partial charge in [0, 0.05) is 15.6 Å². The number of halogens is 2. The minimum absolute atomic E-state index is 0.312. The Bertz CT molecular complexity index is 609. The molecule has 2 aromatic carbocycles. The molecule has 3 nitrogen and oxygen atoms in total. The summed E-state index contributed by atoms with van der Waals surface area (Å²) < 4.78 is 0. The van der Waals surface area contributed by atoms with E-state index in [-0.39, 0.29) is 5.91 Å². The third kappa shape index (κ3) is 4.09. The van der Waals surface area contributed by atoms with Crippen LogP contribution in [0.5, 0.6) is 0 Å². The van der Waals surface area contributed by atoms with Gasteiger partial charge >= 0.3 is 0 Å². The first kappa shape index (κ1) is 13.6. The molecule has 19 heavy (non-hydrogen) atoms. The van der Waals surface area contributed by atoms with Crippen molar-refractivity contribution in [2.75, 3.05) is 0 Å². The highest BCUT2D eigenvalue weighted by Crippen LogP contribution is 2.10. The lowest BCUT2D eigenvalue weighted by atomic mass is 10.2. The van der Waals surface area contributed by atoms with Crippen LogP contribution in [0.2, 0.25) is 10.0 Å². The molecule has 0 spiro atoms. The summed E-state index contributed by atoms with van der Waals surface area (Å²) >= 11 is 11.6. The van der Waals surface area contributed by atoms with Crippen LogP contribution in [0.1, 0.15) is 15.9 Å². The quantitative estimate of drug-likeness (QED) is 0.679. The molecule has 96 valence electrons. The maximum absolute atomic E-state index is 11.7. The monoisotopic (exact) mass is 292 g/mol. The zero-order chi connectivity index (χ0) is 13.7. The van der Waals surface area contributed by atoms with E-state index in [2.05, 4.69) is 10.5 Å². The molecule has 0 radical (unpaired) electrons. The topological polar surface area (TPSA) is 41.5 Å². The lowest BCUT2D eigenvalue weighted by Gasteiger charge is -2.00. The van der Waals surface area contributed by atoms with Gasteiger partial charge in [0.2, 0.25) is 0 Å². The van der Waals surface area contributed by atoms with Gasteiger partial charge in [-0.05, 0) is 35.9 Å². The Balaban J connectivity index is 1.98. The summed E-state index contributed by atoms with van der Waals surface area (Å²) in [5, 5.41) is 5.03. The van der Waals surface area contributed by atoms with Crippen molar-refractivity contribution < 1.29 is 4.79 Å². The minimum atomic E-state index is -0.312. The SMILES string of the molecule is O=C(N/N=C/c1ccc(Cl)cc1)c1cccc(Cl)c1. The van der Waals surface area contributed by atoms with Crippen molar-refractivity contribution in [2.45, 2.75) is 0 Å².